The van der Waals surface area contributed by atoms with E-state index in [4.69, 9.17) is 9.47 Å². The third kappa shape index (κ3) is 7.51. The number of amides is 1. The second kappa shape index (κ2) is 12.4. The largest absolute Gasteiger partial charge is 0.379 e. The molecule has 0 spiro atoms. The Balaban J connectivity index is 1.17. The molecule has 1 atom stereocenters. The smallest absolute Gasteiger partial charge is 0.222 e. The van der Waals surface area contributed by atoms with E-state index in [1.807, 2.05) is 0 Å². The highest BCUT2D eigenvalue weighted by Gasteiger charge is 2.50. The van der Waals surface area contributed by atoms with Crippen LogP contribution in [-0.4, -0.2) is 38.9 Å². The van der Waals surface area contributed by atoms with Crippen molar-refractivity contribution in [2.75, 3.05) is 33.0 Å². The van der Waals surface area contributed by atoms with Gasteiger partial charge in [-0.25, -0.2) is 0 Å². The Bertz CT molecular complexity index is 471. The summed E-state index contributed by atoms with van der Waals surface area (Å²) >= 11 is 0. The fraction of sp³-hybridized carbons (Fsp3) is 0.962. The van der Waals surface area contributed by atoms with Gasteiger partial charge in [-0.05, 0) is 81.0 Å². The molecule has 4 heteroatoms. The van der Waals surface area contributed by atoms with Crippen molar-refractivity contribution >= 4 is 5.91 Å². The lowest BCUT2D eigenvalue weighted by molar-refractivity contribution is -0.125. The van der Waals surface area contributed by atoms with E-state index in [0.29, 0.717) is 31.8 Å². The predicted octanol–water partition coefficient (Wildman–Crippen LogP) is 5.74. The SMILES string of the molecule is CCCCCCCOCCOCCNC(=O)[C@H](C)CCC12CC3CC(CC(C3)C1)C2. The normalized spacial score (nSPS) is 30.5. The molecule has 4 nitrogen and oxygen atoms in total. The zero-order valence-corrected chi connectivity index (χ0v) is 19.8. The highest BCUT2D eigenvalue weighted by molar-refractivity contribution is 5.78. The first kappa shape index (κ1) is 24.0. The summed E-state index contributed by atoms with van der Waals surface area (Å²) in [5, 5.41) is 3.07. The Morgan fingerprint density at radius 3 is 2.13 bits per heavy atom. The van der Waals surface area contributed by atoms with E-state index in [2.05, 4.69) is 19.2 Å². The molecule has 30 heavy (non-hydrogen) atoms. The molecule has 0 aromatic carbocycles. The third-order valence-electron chi connectivity index (χ3n) is 8.03. The Labute approximate surface area is 185 Å². The van der Waals surface area contributed by atoms with Gasteiger partial charge in [-0.1, -0.05) is 39.5 Å². The molecule has 4 aliphatic carbocycles. The monoisotopic (exact) mass is 421 g/mol. The van der Waals surface area contributed by atoms with Crippen LogP contribution < -0.4 is 5.32 Å². The Kier molecular flexibility index (Phi) is 9.96. The van der Waals surface area contributed by atoms with E-state index < -0.39 is 0 Å². The van der Waals surface area contributed by atoms with E-state index in [1.54, 1.807) is 0 Å². The molecule has 1 amide bonds. The summed E-state index contributed by atoms with van der Waals surface area (Å²) in [7, 11) is 0. The van der Waals surface area contributed by atoms with Crippen LogP contribution in [0.4, 0.5) is 0 Å². The number of hydrogen-bond acceptors (Lipinski definition) is 3. The lowest BCUT2D eigenvalue weighted by Gasteiger charge is -2.57. The van der Waals surface area contributed by atoms with Gasteiger partial charge in [0.1, 0.15) is 0 Å². The average molecular weight is 422 g/mol. The second-order valence-electron chi connectivity index (χ2n) is 10.8. The minimum Gasteiger partial charge on any atom is -0.379 e. The minimum atomic E-state index is 0.119. The quantitative estimate of drug-likeness (QED) is 0.323. The summed E-state index contributed by atoms with van der Waals surface area (Å²) in [5.41, 5.74) is 0.586. The Morgan fingerprint density at radius 1 is 0.900 bits per heavy atom. The summed E-state index contributed by atoms with van der Waals surface area (Å²) in [6, 6.07) is 0. The van der Waals surface area contributed by atoms with Crippen LogP contribution >= 0.6 is 0 Å². The van der Waals surface area contributed by atoms with Crippen LogP contribution in [0.5, 0.6) is 0 Å². The Hall–Kier alpha value is -0.610. The number of ether oxygens (including phenoxy) is 2. The van der Waals surface area contributed by atoms with Crippen molar-refractivity contribution in [3.05, 3.63) is 0 Å². The van der Waals surface area contributed by atoms with Crippen LogP contribution in [0.3, 0.4) is 0 Å². The molecule has 0 radical (unpaired) electrons. The highest BCUT2D eigenvalue weighted by Crippen LogP contribution is 2.61. The fourth-order valence-corrected chi connectivity index (χ4v) is 6.80. The Morgan fingerprint density at radius 2 is 1.50 bits per heavy atom. The molecule has 0 aliphatic heterocycles. The zero-order valence-electron chi connectivity index (χ0n) is 19.8. The van der Waals surface area contributed by atoms with Gasteiger partial charge in [0.2, 0.25) is 5.91 Å². The maximum absolute atomic E-state index is 12.5. The standard InChI is InChI=1S/C26H47NO3/c1-3-4-5-6-7-11-29-13-14-30-12-10-27-25(28)21(2)8-9-26-18-22-15-23(19-26)17-24(16-22)20-26/h21-24H,3-20H2,1-2H3,(H,27,28)/t21-,22?,23?,24?,26?/m1/s1. The summed E-state index contributed by atoms with van der Waals surface area (Å²) in [6.45, 7) is 7.64. The van der Waals surface area contributed by atoms with Crippen LogP contribution in [0.2, 0.25) is 0 Å². The van der Waals surface area contributed by atoms with Crippen molar-refractivity contribution in [2.24, 2.45) is 29.1 Å². The first-order chi connectivity index (χ1) is 14.6. The molecular weight excluding hydrogens is 374 g/mol. The molecule has 174 valence electrons. The first-order valence-corrected chi connectivity index (χ1v) is 13.0. The molecule has 1 N–H and O–H groups in total. The van der Waals surface area contributed by atoms with Crippen LogP contribution in [0.25, 0.3) is 0 Å². The van der Waals surface area contributed by atoms with Gasteiger partial charge in [0.25, 0.3) is 0 Å². The molecular formula is C26H47NO3. The molecule has 4 aliphatic rings. The van der Waals surface area contributed by atoms with Crippen molar-refractivity contribution in [1.29, 1.82) is 0 Å². The molecule has 0 unspecified atom stereocenters. The minimum absolute atomic E-state index is 0.119. The third-order valence-corrected chi connectivity index (χ3v) is 8.03. The van der Waals surface area contributed by atoms with Crippen LogP contribution in [0.1, 0.15) is 97.3 Å². The lowest BCUT2D eigenvalue weighted by atomic mass is 9.48. The van der Waals surface area contributed by atoms with Crippen LogP contribution in [-0.2, 0) is 14.3 Å². The molecule has 0 aromatic heterocycles. The van der Waals surface area contributed by atoms with Crippen molar-refractivity contribution < 1.29 is 14.3 Å². The summed E-state index contributed by atoms with van der Waals surface area (Å²) < 4.78 is 11.2. The number of rotatable bonds is 16. The summed E-state index contributed by atoms with van der Waals surface area (Å²) in [4.78, 5) is 12.5. The van der Waals surface area contributed by atoms with Gasteiger partial charge in [0, 0.05) is 19.1 Å². The molecule has 4 bridgehead atoms. The van der Waals surface area contributed by atoms with E-state index in [1.165, 1.54) is 70.6 Å². The van der Waals surface area contributed by atoms with Gasteiger partial charge < -0.3 is 14.8 Å². The van der Waals surface area contributed by atoms with Crippen LogP contribution in [0, 0.1) is 29.1 Å². The predicted molar refractivity (Wildman–Crippen MR) is 122 cm³/mol. The topological polar surface area (TPSA) is 47.6 Å². The van der Waals surface area contributed by atoms with E-state index in [9.17, 15) is 4.79 Å². The first-order valence-electron chi connectivity index (χ1n) is 13.0. The number of hydrogen-bond donors (Lipinski definition) is 1. The van der Waals surface area contributed by atoms with Crippen molar-refractivity contribution in [3.63, 3.8) is 0 Å². The summed E-state index contributed by atoms with van der Waals surface area (Å²) in [6.07, 6.45) is 17.5. The van der Waals surface area contributed by atoms with E-state index in [-0.39, 0.29) is 11.8 Å². The van der Waals surface area contributed by atoms with E-state index >= 15 is 0 Å². The number of carbonyl (C=O) groups excluding carboxylic acids is 1. The molecule has 0 aromatic rings. The van der Waals surface area contributed by atoms with Crippen molar-refractivity contribution in [2.45, 2.75) is 97.3 Å². The van der Waals surface area contributed by atoms with Crippen molar-refractivity contribution in [1.82, 2.24) is 5.32 Å². The van der Waals surface area contributed by atoms with E-state index in [0.717, 1.165) is 37.2 Å². The highest BCUT2D eigenvalue weighted by atomic mass is 16.5. The fourth-order valence-electron chi connectivity index (χ4n) is 6.80. The molecule has 4 rings (SSSR count). The molecule has 4 saturated carbocycles. The van der Waals surface area contributed by atoms with Gasteiger partial charge in [-0.3, -0.25) is 4.79 Å². The van der Waals surface area contributed by atoms with Gasteiger partial charge in [-0.2, -0.15) is 0 Å². The van der Waals surface area contributed by atoms with Crippen LogP contribution in [0.15, 0.2) is 0 Å². The lowest BCUT2D eigenvalue weighted by Crippen LogP contribution is -2.46. The molecule has 4 fully saturated rings. The van der Waals surface area contributed by atoms with Crippen molar-refractivity contribution in [3.8, 4) is 0 Å². The molecule has 0 heterocycles. The average Bonchev–Trinajstić information content (AvgIpc) is 2.71. The van der Waals surface area contributed by atoms with Gasteiger partial charge in [-0.15, -0.1) is 0 Å². The number of carbonyl (C=O) groups is 1. The maximum atomic E-state index is 12.5. The summed E-state index contributed by atoms with van der Waals surface area (Å²) in [5.74, 6) is 3.33. The van der Waals surface area contributed by atoms with Gasteiger partial charge in [0.05, 0.1) is 19.8 Å². The molecule has 0 saturated heterocycles. The van der Waals surface area contributed by atoms with Gasteiger partial charge >= 0.3 is 0 Å². The zero-order chi connectivity index (χ0) is 21.2. The second-order valence-corrected chi connectivity index (χ2v) is 10.8. The number of unbranched alkanes of at least 4 members (excludes halogenated alkanes) is 4. The van der Waals surface area contributed by atoms with Gasteiger partial charge in [0.15, 0.2) is 0 Å². The maximum Gasteiger partial charge on any atom is 0.222 e. The number of nitrogens with one attached hydrogen (secondary N) is 1.